The average Bonchev–Trinajstić information content (AvgIpc) is 3.45. The Hall–Kier alpha value is -0.950. The molecule has 3 atom stereocenters. The molecule has 4 rings (SSSR count). The van der Waals surface area contributed by atoms with Crippen LogP contribution in [-0.2, 0) is 29.5 Å². The molecule has 3 heterocycles. The van der Waals surface area contributed by atoms with Gasteiger partial charge in [0, 0.05) is 6.26 Å². The van der Waals surface area contributed by atoms with E-state index in [9.17, 15) is 8.42 Å². The van der Waals surface area contributed by atoms with Crippen LogP contribution in [0.4, 0.5) is 0 Å². The minimum atomic E-state index is -3.17. The smallest absolute Gasteiger partial charge is 0.175 e. The molecular weight excluding hydrogens is 340 g/mol. The molecule has 3 aliphatic heterocycles. The summed E-state index contributed by atoms with van der Waals surface area (Å²) in [6.45, 7) is 2.58. The number of benzene rings is 1. The summed E-state index contributed by atoms with van der Waals surface area (Å²) in [5.41, 5.74) is 1.23. The van der Waals surface area contributed by atoms with E-state index in [2.05, 4.69) is 0 Å². The number of sulfone groups is 1. The first-order chi connectivity index (χ1) is 11.9. The quantitative estimate of drug-likeness (QED) is 0.595. The second-order valence-electron chi connectivity index (χ2n) is 7.72. The molecule has 0 saturated carbocycles. The molecule has 3 fully saturated rings. The Balaban J connectivity index is 1.60. The van der Waals surface area contributed by atoms with Crippen molar-refractivity contribution in [2.45, 2.75) is 60.7 Å². The highest BCUT2D eigenvalue weighted by molar-refractivity contribution is 7.90. The Kier molecular flexibility index (Phi) is 4.65. The number of rotatable bonds is 10. The Morgan fingerprint density at radius 1 is 0.920 bits per heavy atom. The lowest BCUT2D eigenvalue weighted by molar-refractivity contribution is 0.252. The van der Waals surface area contributed by atoms with Crippen molar-refractivity contribution in [1.29, 1.82) is 0 Å². The first kappa shape index (κ1) is 17.5. The fourth-order valence-electron chi connectivity index (χ4n) is 3.76. The molecule has 0 aromatic heterocycles. The number of hydrogen-bond acceptors (Lipinski definition) is 5. The van der Waals surface area contributed by atoms with Gasteiger partial charge in [-0.15, -0.1) is 0 Å². The van der Waals surface area contributed by atoms with Gasteiger partial charge in [-0.25, -0.2) is 8.42 Å². The topological polar surface area (TPSA) is 71.7 Å². The van der Waals surface area contributed by atoms with E-state index in [0.717, 1.165) is 51.9 Å². The molecule has 1 aromatic carbocycles. The van der Waals surface area contributed by atoms with Crippen molar-refractivity contribution in [1.82, 2.24) is 0 Å². The lowest BCUT2D eigenvalue weighted by Gasteiger charge is -2.34. The van der Waals surface area contributed by atoms with Gasteiger partial charge in [0.15, 0.2) is 9.84 Å². The summed E-state index contributed by atoms with van der Waals surface area (Å²) in [5.74, 6) is 0. The minimum Gasteiger partial charge on any atom is -0.373 e. The van der Waals surface area contributed by atoms with Gasteiger partial charge in [0.2, 0.25) is 0 Å². The highest BCUT2D eigenvalue weighted by atomic mass is 32.2. The molecular formula is C19H26O5S. The van der Waals surface area contributed by atoms with Crippen molar-refractivity contribution in [2.75, 3.05) is 26.1 Å². The van der Waals surface area contributed by atoms with Gasteiger partial charge < -0.3 is 14.2 Å². The van der Waals surface area contributed by atoms with Crippen molar-refractivity contribution >= 4 is 9.84 Å². The summed E-state index contributed by atoms with van der Waals surface area (Å²) in [4.78, 5) is 0.379. The molecule has 0 amide bonds. The van der Waals surface area contributed by atoms with Crippen LogP contribution >= 0.6 is 0 Å². The Morgan fingerprint density at radius 3 is 1.80 bits per heavy atom. The largest absolute Gasteiger partial charge is 0.373 e. The summed E-state index contributed by atoms with van der Waals surface area (Å²) in [6.07, 6.45) is 7.55. The third-order valence-electron chi connectivity index (χ3n) is 5.61. The van der Waals surface area contributed by atoms with Gasteiger partial charge in [0.1, 0.15) is 0 Å². The molecule has 0 N–H and O–H groups in total. The third kappa shape index (κ3) is 4.61. The molecule has 0 bridgehead atoms. The molecule has 138 valence electrons. The molecule has 3 aliphatic rings. The maximum absolute atomic E-state index is 11.8. The second-order valence-corrected chi connectivity index (χ2v) is 9.74. The van der Waals surface area contributed by atoms with Crippen molar-refractivity contribution in [3.05, 3.63) is 29.8 Å². The van der Waals surface area contributed by atoms with E-state index in [1.807, 2.05) is 12.1 Å². The van der Waals surface area contributed by atoms with E-state index in [0.29, 0.717) is 23.2 Å². The Bertz CT molecular complexity index is 684. The first-order valence-corrected chi connectivity index (χ1v) is 11.0. The zero-order valence-corrected chi connectivity index (χ0v) is 15.5. The maximum atomic E-state index is 11.8. The monoisotopic (exact) mass is 366 g/mol. The van der Waals surface area contributed by atoms with Crippen molar-refractivity contribution in [2.24, 2.45) is 0 Å². The number of ether oxygens (including phenoxy) is 3. The highest BCUT2D eigenvalue weighted by Crippen LogP contribution is 2.44. The van der Waals surface area contributed by atoms with E-state index >= 15 is 0 Å². The van der Waals surface area contributed by atoms with Gasteiger partial charge in [-0.05, 0) is 55.2 Å². The van der Waals surface area contributed by atoms with Crippen molar-refractivity contribution < 1.29 is 22.6 Å². The van der Waals surface area contributed by atoms with Gasteiger partial charge in [0.25, 0.3) is 0 Å². The van der Waals surface area contributed by atoms with Gasteiger partial charge in [-0.2, -0.15) is 0 Å². The predicted octanol–water partition coefficient (Wildman–Crippen LogP) is 2.47. The Morgan fingerprint density at radius 2 is 1.40 bits per heavy atom. The molecule has 3 unspecified atom stereocenters. The predicted molar refractivity (Wildman–Crippen MR) is 93.5 cm³/mol. The molecule has 3 saturated heterocycles. The highest BCUT2D eigenvalue weighted by Gasteiger charge is 2.41. The van der Waals surface area contributed by atoms with Crippen LogP contribution in [0.1, 0.15) is 37.7 Å². The lowest BCUT2D eigenvalue weighted by atomic mass is 9.69. The number of hydrogen-bond donors (Lipinski definition) is 0. The van der Waals surface area contributed by atoms with Crippen LogP contribution in [0, 0.1) is 0 Å². The average molecular weight is 366 g/mol. The van der Waals surface area contributed by atoms with E-state index in [1.54, 1.807) is 12.1 Å². The lowest BCUT2D eigenvalue weighted by Crippen LogP contribution is -2.29. The molecule has 5 nitrogen and oxygen atoms in total. The summed E-state index contributed by atoms with van der Waals surface area (Å²) in [6, 6.07) is 7.49. The summed E-state index contributed by atoms with van der Waals surface area (Å²) < 4.78 is 40.0. The van der Waals surface area contributed by atoms with Crippen molar-refractivity contribution in [3.63, 3.8) is 0 Å². The van der Waals surface area contributed by atoms with E-state index in [4.69, 9.17) is 14.2 Å². The van der Waals surface area contributed by atoms with Gasteiger partial charge in [0.05, 0.1) is 43.0 Å². The van der Waals surface area contributed by atoms with Gasteiger partial charge in [-0.1, -0.05) is 12.1 Å². The molecule has 0 aliphatic carbocycles. The molecule has 0 spiro atoms. The van der Waals surface area contributed by atoms with E-state index in [-0.39, 0.29) is 5.41 Å². The van der Waals surface area contributed by atoms with Gasteiger partial charge in [-0.3, -0.25) is 0 Å². The fourth-order valence-corrected chi connectivity index (χ4v) is 4.39. The summed E-state index contributed by atoms with van der Waals surface area (Å²) in [7, 11) is -3.17. The second kappa shape index (κ2) is 6.65. The third-order valence-corrected chi connectivity index (χ3v) is 6.74. The standard InChI is InChI=1S/C19H26O5S/c1-25(20,21)18-4-2-14(3-5-18)19(10-17-13-24-17,8-6-15-11-22-15)9-7-16-12-23-16/h2-5,15-17H,6-13H2,1H3. The molecule has 25 heavy (non-hydrogen) atoms. The van der Waals surface area contributed by atoms with Crippen LogP contribution in [0.2, 0.25) is 0 Å². The summed E-state index contributed by atoms with van der Waals surface area (Å²) in [5, 5.41) is 0. The SMILES string of the molecule is CS(=O)(=O)c1ccc(C(CCC2CO2)(CCC2CO2)CC2CO2)cc1. The van der Waals surface area contributed by atoms with Crippen LogP contribution in [0.5, 0.6) is 0 Å². The molecule has 0 radical (unpaired) electrons. The van der Waals surface area contributed by atoms with Crippen LogP contribution in [0.3, 0.4) is 0 Å². The number of epoxide rings is 3. The normalized spacial score (nSPS) is 29.9. The zero-order chi connectivity index (χ0) is 17.5. The van der Waals surface area contributed by atoms with Crippen LogP contribution < -0.4 is 0 Å². The zero-order valence-electron chi connectivity index (χ0n) is 14.6. The molecule has 1 aromatic rings. The van der Waals surface area contributed by atoms with Crippen LogP contribution in [0.15, 0.2) is 29.2 Å². The minimum absolute atomic E-state index is 0.00903. The maximum Gasteiger partial charge on any atom is 0.175 e. The fraction of sp³-hybridized carbons (Fsp3) is 0.684. The molecule has 6 heteroatoms. The van der Waals surface area contributed by atoms with Crippen LogP contribution in [-0.4, -0.2) is 52.8 Å². The van der Waals surface area contributed by atoms with Crippen molar-refractivity contribution in [3.8, 4) is 0 Å². The van der Waals surface area contributed by atoms with Gasteiger partial charge >= 0.3 is 0 Å². The van der Waals surface area contributed by atoms with E-state index < -0.39 is 9.84 Å². The van der Waals surface area contributed by atoms with Crippen LogP contribution in [0.25, 0.3) is 0 Å². The first-order valence-electron chi connectivity index (χ1n) is 9.10. The summed E-state index contributed by atoms with van der Waals surface area (Å²) >= 11 is 0. The van der Waals surface area contributed by atoms with E-state index in [1.165, 1.54) is 11.8 Å². The Labute approximate surface area is 149 Å².